The first-order chi connectivity index (χ1) is 11.1. The molecule has 6 heteroatoms. The van der Waals surface area contributed by atoms with Gasteiger partial charge >= 0.3 is 10.1 Å². The fourth-order valence-corrected chi connectivity index (χ4v) is 3.29. The minimum atomic E-state index is -3.57. The lowest BCUT2D eigenvalue weighted by Gasteiger charge is -2.05. The average Bonchev–Trinajstić information content (AvgIpc) is 2.97. The Labute approximate surface area is 135 Å². The molecule has 3 aromatic rings. The van der Waals surface area contributed by atoms with E-state index in [4.69, 9.17) is 8.60 Å². The quantitative estimate of drug-likeness (QED) is 0.638. The Hall–Kier alpha value is -2.34. The standard InChI is InChI=1S/C17H17NO4S/c1-2-3-11-23(19,20)22-14-9-10-15-16(12-14)21-17(18-15)13-7-5-4-6-8-13/h4-10,12H,2-3,11H2,1H3. The molecular formula is C17H17NO4S. The lowest BCUT2D eigenvalue weighted by molar-refractivity contribution is 0.483. The molecule has 0 aliphatic rings. The maximum absolute atomic E-state index is 11.9. The highest BCUT2D eigenvalue weighted by molar-refractivity contribution is 7.87. The van der Waals surface area contributed by atoms with Crippen molar-refractivity contribution in [2.24, 2.45) is 0 Å². The van der Waals surface area contributed by atoms with Crippen LogP contribution in [0.25, 0.3) is 22.6 Å². The van der Waals surface area contributed by atoms with Crippen LogP contribution in [0.5, 0.6) is 5.75 Å². The van der Waals surface area contributed by atoms with E-state index in [1.807, 2.05) is 37.3 Å². The van der Waals surface area contributed by atoms with Crippen molar-refractivity contribution in [3.8, 4) is 17.2 Å². The molecule has 120 valence electrons. The van der Waals surface area contributed by atoms with Crippen LogP contribution in [0, 0.1) is 0 Å². The molecule has 0 atom stereocenters. The van der Waals surface area contributed by atoms with Crippen LogP contribution >= 0.6 is 0 Å². The number of nitrogens with zero attached hydrogens (tertiary/aromatic N) is 1. The Morgan fingerprint density at radius 2 is 1.91 bits per heavy atom. The summed E-state index contributed by atoms with van der Waals surface area (Å²) >= 11 is 0. The monoisotopic (exact) mass is 331 g/mol. The van der Waals surface area contributed by atoms with Gasteiger partial charge in [-0.2, -0.15) is 8.42 Å². The molecule has 0 aliphatic heterocycles. The minimum absolute atomic E-state index is 0.00715. The van der Waals surface area contributed by atoms with Gasteiger partial charge in [0, 0.05) is 11.6 Å². The van der Waals surface area contributed by atoms with Gasteiger partial charge in [0.05, 0.1) is 5.75 Å². The van der Waals surface area contributed by atoms with Crippen molar-refractivity contribution in [2.75, 3.05) is 5.75 Å². The third kappa shape index (κ3) is 3.71. The van der Waals surface area contributed by atoms with Gasteiger partial charge in [0.1, 0.15) is 11.3 Å². The highest BCUT2D eigenvalue weighted by Gasteiger charge is 2.14. The molecular weight excluding hydrogens is 314 g/mol. The minimum Gasteiger partial charge on any atom is -0.436 e. The molecule has 1 heterocycles. The fraction of sp³-hybridized carbons (Fsp3) is 0.235. The van der Waals surface area contributed by atoms with Crippen molar-refractivity contribution in [1.29, 1.82) is 0 Å². The first-order valence-electron chi connectivity index (χ1n) is 7.45. The maximum atomic E-state index is 11.9. The van der Waals surface area contributed by atoms with E-state index in [1.165, 1.54) is 0 Å². The van der Waals surface area contributed by atoms with Crippen LogP contribution < -0.4 is 4.18 Å². The van der Waals surface area contributed by atoms with Crippen LogP contribution in [0.3, 0.4) is 0 Å². The van der Waals surface area contributed by atoms with Crippen molar-refractivity contribution < 1.29 is 17.0 Å². The third-order valence-corrected chi connectivity index (χ3v) is 4.59. The highest BCUT2D eigenvalue weighted by Crippen LogP contribution is 2.27. The highest BCUT2D eigenvalue weighted by atomic mass is 32.2. The first kappa shape index (κ1) is 15.6. The van der Waals surface area contributed by atoms with E-state index in [2.05, 4.69) is 4.98 Å². The second kappa shape index (κ2) is 6.42. The molecule has 0 saturated heterocycles. The molecule has 5 nitrogen and oxygen atoms in total. The Bertz CT molecular complexity index is 901. The molecule has 0 radical (unpaired) electrons. The van der Waals surface area contributed by atoms with Crippen LogP contribution in [-0.4, -0.2) is 19.2 Å². The van der Waals surface area contributed by atoms with Gasteiger partial charge in [0.15, 0.2) is 5.58 Å². The molecule has 1 aromatic heterocycles. The number of oxazole rings is 1. The van der Waals surface area contributed by atoms with E-state index in [-0.39, 0.29) is 11.5 Å². The third-order valence-electron chi connectivity index (χ3n) is 3.35. The van der Waals surface area contributed by atoms with Gasteiger partial charge in [-0.1, -0.05) is 31.5 Å². The Balaban J connectivity index is 1.88. The predicted molar refractivity (Wildman–Crippen MR) is 88.8 cm³/mol. The van der Waals surface area contributed by atoms with E-state index < -0.39 is 10.1 Å². The van der Waals surface area contributed by atoms with E-state index >= 15 is 0 Å². The number of hydrogen-bond donors (Lipinski definition) is 0. The molecule has 0 fully saturated rings. The number of benzene rings is 2. The molecule has 0 bridgehead atoms. The van der Waals surface area contributed by atoms with Gasteiger partial charge in [0.2, 0.25) is 5.89 Å². The second-order valence-electron chi connectivity index (χ2n) is 5.21. The zero-order valence-electron chi connectivity index (χ0n) is 12.7. The molecule has 0 spiro atoms. The normalized spacial score (nSPS) is 11.7. The zero-order chi connectivity index (χ0) is 16.3. The maximum Gasteiger partial charge on any atom is 0.309 e. The number of aromatic nitrogens is 1. The molecule has 2 aromatic carbocycles. The number of fused-ring (bicyclic) bond motifs is 1. The summed E-state index contributed by atoms with van der Waals surface area (Å²) in [4.78, 5) is 4.40. The molecule has 0 amide bonds. The first-order valence-corrected chi connectivity index (χ1v) is 9.03. The van der Waals surface area contributed by atoms with Crippen molar-refractivity contribution in [3.63, 3.8) is 0 Å². The molecule has 23 heavy (non-hydrogen) atoms. The van der Waals surface area contributed by atoms with Crippen LogP contribution in [0.2, 0.25) is 0 Å². The van der Waals surface area contributed by atoms with Gasteiger partial charge in [-0.3, -0.25) is 0 Å². The van der Waals surface area contributed by atoms with Crippen LogP contribution in [-0.2, 0) is 10.1 Å². The van der Waals surface area contributed by atoms with Gasteiger partial charge in [-0.15, -0.1) is 0 Å². The lowest BCUT2D eigenvalue weighted by atomic mass is 10.2. The van der Waals surface area contributed by atoms with Gasteiger partial charge in [-0.25, -0.2) is 4.98 Å². The molecule has 0 saturated carbocycles. The SMILES string of the molecule is CCCCS(=O)(=O)Oc1ccc2nc(-c3ccccc3)oc2c1. The van der Waals surface area contributed by atoms with E-state index in [0.29, 0.717) is 23.4 Å². The molecule has 0 N–H and O–H groups in total. The molecule has 3 rings (SSSR count). The Morgan fingerprint density at radius 1 is 1.13 bits per heavy atom. The molecule has 0 aliphatic carbocycles. The van der Waals surface area contributed by atoms with Gasteiger partial charge in [0.25, 0.3) is 0 Å². The van der Waals surface area contributed by atoms with Gasteiger partial charge < -0.3 is 8.60 Å². The van der Waals surface area contributed by atoms with Crippen molar-refractivity contribution in [3.05, 3.63) is 48.5 Å². The Morgan fingerprint density at radius 3 is 2.65 bits per heavy atom. The summed E-state index contributed by atoms with van der Waals surface area (Å²) in [6.45, 7) is 1.93. The summed E-state index contributed by atoms with van der Waals surface area (Å²) in [5.74, 6) is 0.740. The van der Waals surface area contributed by atoms with Gasteiger partial charge in [-0.05, 0) is 30.7 Å². The number of unbranched alkanes of at least 4 members (excludes halogenated alkanes) is 1. The fourth-order valence-electron chi connectivity index (χ4n) is 2.17. The van der Waals surface area contributed by atoms with Crippen LogP contribution in [0.4, 0.5) is 0 Å². The summed E-state index contributed by atoms with van der Waals surface area (Å²) in [5.41, 5.74) is 2.01. The summed E-state index contributed by atoms with van der Waals surface area (Å²) in [5, 5.41) is 0. The largest absolute Gasteiger partial charge is 0.436 e. The van der Waals surface area contributed by atoms with Crippen LogP contribution in [0.1, 0.15) is 19.8 Å². The Kier molecular flexibility index (Phi) is 4.34. The lowest BCUT2D eigenvalue weighted by Crippen LogP contribution is -2.13. The zero-order valence-corrected chi connectivity index (χ0v) is 13.5. The van der Waals surface area contributed by atoms with E-state index in [1.54, 1.807) is 18.2 Å². The summed E-state index contributed by atoms with van der Waals surface area (Å²) in [7, 11) is -3.57. The van der Waals surface area contributed by atoms with Crippen molar-refractivity contribution in [2.45, 2.75) is 19.8 Å². The second-order valence-corrected chi connectivity index (χ2v) is 6.90. The van der Waals surface area contributed by atoms with Crippen molar-refractivity contribution in [1.82, 2.24) is 4.98 Å². The summed E-state index contributed by atoms with van der Waals surface area (Å²) < 4.78 is 34.5. The predicted octanol–water partition coefficient (Wildman–Crippen LogP) is 4.00. The van der Waals surface area contributed by atoms with Crippen LogP contribution in [0.15, 0.2) is 52.9 Å². The summed E-state index contributed by atoms with van der Waals surface area (Å²) in [6.07, 6.45) is 1.37. The number of hydrogen-bond acceptors (Lipinski definition) is 5. The van der Waals surface area contributed by atoms with E-state index in [9.17, 15) is 8.42 Å². The summed E-state index contributed by atoms with van der Waals surface area (Å²) in [6, 6.07) is 14.4. The smallest absolute Gasteiger partial charge is 0.309 e. The number of rotatable bonds is 6. The average molecular weight is 331 g/mol. The van der Waals surface area contributed by atoms with Crippen molar-refractivity contribution >= 4 is 21.2 Å². The topological polar surface area (TPSA) is 69.4 Å². The van der Waals surface area contributed by atoms with E-state index in [0.717, 1.165) is 12.0 Å². The molecule has 0 unspecified atom stereocenters.